The van der Waals surface area contributed by atoms with Crippen LogP contribution in [-0.4, -0.2) is 38.9 Å². The molecule has 0 bridgehead atoms. The van der Waals surface area contributed by atoms with Crippen molar-refractivity contribution >= 4 is 33.2 Å². The molecule has 1 saturated heterocycles. The highest BCUT2D eigenvalue weighted by atomic mass is 35.5. The molecule has 0 aromatic heterocycles. The summed E-state index contributed by atoms with van der Waals surface area (Å²) in [5.74, 6) is 0.0164. The van der Waals surface area contributed by atoms with E-state index in [1.165, 1.54) is 23.1 Å². The highest BCUT2D eigenvalue weighted by Gasteiger charge is 2.28. The Morgan fingerprint density at radius 2 is 2.15 bits per heavy atom. The van der Waals surface area contributed by atoms with Gasteiger partial charge in [0.25, 0.3) is 0 Å². The lowest BCUT2D eigenvalue weighted by Gasteiger charge is -2.30. The van der Waals surface area contributed by atoms with Gasteiger partial charge in [-0.05, 0) is 24.6 Å². The molecule has 0 saturated carbocycles. The molecule has 1 unspecified atom stereocenters. The number of hydrogen-bond acceptors (Lipinski definition) is 4. The Bertz CT molecular complexity index is 633. The van der Waals surface area contributed by atoms with Gasteiger partial charge in [-0.3, -0.25) is 4.79 Å². The molecule has 6 nitrogen and oxygen atoms in total. The van der Waals surface area contributed by atoms with E-state index in [0.29, 0.717) is 24.4 Å². The summed E-state index contributed by atoms with van der Waals surface area (Å²) in [6.07, 6.45) is 0.803. The second-order valence-electron chi connectivity index (χ2n) is 4.81. The van der Waals surface area contributed by atoms with E-state index in [-0.39, 0.29) is 22.5 Å². The minimum Gasteiger partial charge on any atom is -0.398 e. The zero-order valence-electron chi connectivity index (χ0n) is 11.0. The first-order chi connectivity index (χ1) is 9.29. The second-order valence-corrected chi connectivity index (χ2v) is 6.93. The van der Waals surface area contributed by atoms with Crippen LogP contribution in [0.3, 0.4) is 0 Å². The number of halogens is 1. The largest absolute Gasteiger partial charge is 0.398 e. The lowest BCUT2D eigenvalue weighted by molar-refractivity contribution is -0.132. The van der Waals surface area contributed by atoms with Crippen molar-refractivity contribution in [2.75, 3.05) is 19.3 Å². The van der Waals surface area contributed by atoms with E-state index in [4.69, 9.17) is 17.3 Å². The Morgan fingerprint density at radius 1 is 1.45 bits per heavy atom. The zero-order chi connectivity index (χ0) is 14.9. The van der Waals surface area contributed by atoms with Crippen LogP contribution in [0.25, 0.3) is 0 Å². The minimum atomic E-state index is -3.75. The molecule has 110 valence electrons. The van der Waals surface area contributed by atoms with Crippen LogP contribution in [0.2, 0.25) is 5.02 Å². The highest BCUT2D eigenvalue weighted by molar-refractivity contribution is 7.89. The fourth-order valence-electron chi connectivity index (χ4n) is 2.13. The van der Waals surface area contributed by atoms with E-state index < -0.39 is 10.0 Å². The number of benzene rings is 1. The molecule has 2 rings (SSSR count). The van der Waals surface area contributed by atoms with E-state index in [1.807, 2.05) is 0 Å². The third kappa shape index (κ3) is 3.23. The first-order valence-corrected chi connectivity index (χ1v) is 7.97. The average Bonchev–Trinajstić information content (AvgIpc) is 2.36. The molecule has 1 aliphatic heterocycles. The van der Waals surface area contributed by atoms with Crippen LogP contribution in [0.5, 0.6) is 0 Å². The number of nitrogens with zero attached hydrogens (tertiary/aromatic N) is 1. The van der Waals surface area contributed by atoms with Crippen LogP contribution in [0.1, 0.15) is 12.8 Å². The Kier molecular flexibility index (Phi) is 4.22. The number of nitrogens with two attached hydrogens (primary N) is 1. The Morgan fingerprint density at radius 3 is 2.80 bits per heavy atom. The quantitative estimate of drug-likeness (QED) is 0.807. The monoisotopic (exact) mass is 317 g/mol. The molecule has 1 heterocycles. The Labute approximate surface area is 122 Å². The van der Waals surface area contributed by atoms with Crippen molar-refractivity contribution in [2.45, 2.75) is 23.8 Å². The number of amides is 1. The molecule has 1 fully saturated rings. The Balaban J connectivity index is 2.19. The van der Waals surface area contributed by atoms with Gasteiger partial charge in [0.05, 0.1) is 5.69 Å². The molecular weight excluding hydrogens is 302 g/mol. The summed E-state index contributed by atoms with van der Waals surface area (Å²) in [6, 6.07) is 3.98. The van der Waals surface area contributed by atoms with Gasteiger partial charge in [-0.25, -0.2) is 13.1 Å². The van der Waals surface area contributed by atoms with Crippen LogP contribution in [0, 0.1) is 0 Å². The van der Waals surface area contributed by atoms with E-state index in [2.05, 4.69) is 4.72 Å². The van der Waals surface area contributed by atoms with Gasteiger partial charge in [0.1, 0.15) is 4.90 Å². The van der Waals surface area contributed by atoms with Crippen LogP contribution < -0.4 is 10.5 Å². The number of likely N-dealkylation sites (N-methyl/N-ethyl adjacent to an activating group) is 1. The molecule has 0 spiro atoms. The number of sulfonamides is 1. The number of likely N-dealkylation sites (tertiary alicyclic amines) is 1. The summed E-state index contributed by atoms with van der Waals surface area (Å²) in [6.45, 7) is 0.346. The summed E-state index contributed by atoms with van der Waals surface area (Å²) in [7, 11) is -2.10. The maximum Gasteiger partial charge on any atom is 0.242 e. The molecule has 0 aliphatic carbocycles. The maximum atomic E-state index is 12.3. The minimum absolute atomic E-state index is 0.0164. The normalized spacial score (nSPS) is 20.2. The topological polar surface area (TPSA) is 92.5 Å². The van der Waals surface area contributed by atoms with Crippen molar-refractivity contribution in [1.29, 1.82) is 0 Å². The highest BCUT2D eigenvalue weighted by Crippen LogP contribution is 2.23. The molecule has 8 heteroatoms. The third-order valence-corrected chi connectivity index (χ3v) is 5.02. The molecule has 3 N–H and O–H groups in total. The number of nitrogen functional groups attached to an aromatic ring is 1. The number of rotatable bonds is 3. The third-order valence-electron chi connectivity index (χ3n) is 3.21. The smallest absolute Gasteiger partial charge is 0.242 e. The lowest BCUT2D eigenvalue weighted by atomic mass is 10.1. The van der Waals surface area contributed by atoms with Crippen LogP contribution in [-0.2, 0) is 14.8 Å². The van der Waals surface area contributed by atoms with Gasteiger partial charge in [0.2, 0.25) is 15.9 Å². The lowest BCUT2D eigenvalue weighted by Crippen LogP contribution is -2.48. The van der Waals surface area contributed by atoms with Crippen molar-refractivity contribution in [3.8, 4) is 0 Å². The van der Waals surface area contributed by atoms with E-state index in [9.17, 15) is 13.2 Å². The van der Waals surface area contributed by atoms with E-state index in [1.54, 1.807) is 7.05 Å². The van der Waals surface area contributed by atoms with Crippen molar-refractivity contribution in [1.82, 2.24) is 9.62 Å². The first-order valence-electron chi connectivity index (χ1n) is 6.11. The standard InChI is InChI=1S/C12H16ClN3O3S/c1-16-7-9(3-5-12(16)17)15-20(18,19)11-6-8(13)2-4-10(11)14/h2,4,6,9,15H,3,5,7,14H2,1H3. The average molecular weight is 318 g/mol. The number of piperidine rings is 1. The molecule has 1 aliphatic rings. The fourth-order valence-corrected chi connectivity index (χ4v) is 3.79. The summed E-state index contributed by atoms with van der Waals surface area (Å²) in [5.41, 5.74) is 5.83. The molecule has 20 heavy (non-hydrogen) atoms. The van der Waals surface area contributed by atoms with Gasteiger partial charge in [0, 0.05) is 31.1 Å². The zero-order valence-corrected chi connectivity index (χ0v) is 12.5. The van der Waals surface area contributed by atoms with Gasteiger partial charge in [0.15, 0.2) is 0 Å². The molecule has 1 amide bonds. The first kappa shape index (κ1) is 15.1. The van der Waals surface area contributed by atoms with Crippen LogP contribution in [0.4, 0.5) is 5.69 Å². The van der Waals surface area contributed by atoms with Gasteiger partial charge >= 0.3 is 0 Å². The van der Waals surface area contributed by atoms with Crippen LogP contribution in [0.15, 0.2) is 23.1 Å². The summed E-state index contributed by atoms with van der Waals surface area (Å²) in [5, 5.41) is 0.301. The molecule has 1 aromatic rings. The molecule has 1 aromatic carbocycles. The van der Waals surface area contributed by atoms with Gasteiger partial charge in [-0.15, -0.1) is 0 Å². The summed E-state index contributed by atoms with van der Waals surface area (Å²) >= 11 is 5.81. The van der Waals surface area contributed by atoms with Crippen LogP contribution >= 0.6 is 11.6 Å². The van der Waals surface area contributed by atoms with Crippen molar-refractivity contribution in [2.24, 2.45) is 0 Å². The fraction of sp³-hybridized carbons (Fsp3) is 0.417. The SMILES string of the molecule is CN1CC(NS(=O)(=O)c2cc(Cl)ccc2N)CCC1=O. The summed E-state index contributed by atoms with van der Waals surface area (Å²) in [4.78, 5) is 12.9. The molecule has 1 atom stereocenters. The van der Waals surface area contributed by atoms with E-state index >= 15 is 0 Å². The number of carbonyl (C=O) groups excluding carboxylic acids is 1. The predicted octanol–water partition coefficient (Wildman–Crippen LogP) is 0.821. The predicted molar refractivity (Wildman–Crippen MR) is 76.8 cm³/mol. The Hall–Kier alpha value is -1.31. The van der Waals surface area contributed by atoms with Gasteiger partial charge in [-0.2, -0.15) is 0 Å². The van der Waals surface area contributed by atoms with Crippen molar-refractivity contribution in [3.63, 3.8) is 0 Å². The number of nitrogens with one attached hydrogen (secondary N) is 1. The second kappa shape index (κ2) is 5.59. The maximum absolute atomic E-state index is 12.3. The van der Waals surface area contributed by atoms with Crippen molar-refractivity contribution in [3.05, 3.63) is 23.2 Å². The number of hydrogen-bond donors (Lipinski definition) is 2. The van der Waals surface area contributed by atoms with Gasteiger partial charge in [-0.1, -0.05) is 11.6 Å². The molecular formula is C12H16ClN3O3S. The number of anilines is 1. The van der Waals surface area contributed by atoms with Gasteiger partial charge < -0.3 is 10.6 Å². The summed E-state index contributed by atoms with van der Waals surface area (Å²) < 4.78 is 27.2. The molecule has 0 radical (unpaired) electrons. The number of carbonyl (C=O) groups is 1. The van der Waals surface area contributed by atoms with Crippen molar-refractivity contribution < 1.29 is 13.2 Å². The van der Waals surface area contributed by atoms with E-state index in [0.717, 1.165) is 0 Å².